The Labute approximate surface area is 189 Å². The van der Waals surface area contributed by atoms with Crippen LogP contribution >= 0.6 is 0 Å². The van der Waals surface area contributed by atoms with Crippen molar-refractivity contribution in [2.24, 2.45) is 0 Å². The molecule has 0 aliphatic carbocycles. The molecule has 32 heavy (non-hydrogen) atoms. The molecule has 1 fully saturated rings. The number of Topliss-reactive ketones (excluding diaryl/α,β-unsaturated/α-hetero) is 2. The van der Waals surface area contributed by atoms with Crippen LogP contribution in [0.25, 0.3) is 0 Å². The zero-order valence-electron chi connectivity index (χ0n) is 18.7. The van der Waals surface area contributed by atoms with E-state index in [0.717, 1.165) is 5.56 Å². The summed E-state index contributed by atoms with van der Waals surface area (Å²) in [5.74, 6) is -0.751. The van der Waals surface area contributed by atoms with Gasteiger partial charge in [-0.25, -0.2) is 0 Å². The Morgan fingerprint density at radius 2 is 1.22 bits per heavy atom. The van der Waals surface area contributed by atoms with Crippen LogP contribution < -0.4 is 0 Å². The summed E-state index contributed by atoms with van der Waals surface area (Å²) in [6, 6.07) is 27.4. The second-order valence-corrected chi connectivity index (χ2v) is 9.10. The second kappa shape index (κ2) is 8.81. The lowest BCUT2D eigenvalue weighted by Crippen LogP contribution is -2.56. The van der Waals surface area contributed by atoms with E-state index in [1.807, 2.05) is 63.2 Å². The first-order chi connectivity index (χ1) is 15.3. The summed E-state index contributed by atoms with van der Waals surface area (Å²) in [6.07, 6.45) is -0.782. The maximum absolute atomic E-state index is 14.0. The van der Waals surface area contributed by atoms with Crippen LogP contribution in [0.15, 0.2) is 91.0 Å². The molecule has 4 rings (SSSR count). The lowest BCUT2D eigenvalue weighted by molar-refractivity contribution is -0.107. The summed E-state index contributed by atoms with van der Waals surface area (Å²) < 4.78 is 12.9. The summed E-state index contributed by atoms with van der Waals surface area (Å²) in [4.78, 5) is 28.1. The van der Waals surface area contributed by atoms with Gasteiger partial charge in [-0.3, -0.25) is 9.59 Å². The Morgan fingerprint density at radius 1 is 0.781 bits per heavy atom. The van der Waals surface area contributed by atoms with Gasteiger partial charge in [-0.05, 0) is 26.3 Å². The van der Waals surface area contributed by atoms with Gasteiger partial charge in [0.1, 0.15) is 6.10 Å². The third kappa shape index (κ3) is 4.29. The molecule has 1 heterocycles. The second-order valence-electron chi connectivity index (χ2n) is 9.10. The van der Waals surface area contributed by atoms with Crippen LogP contribution in [-0.4, -0.2) is 28.9 Å². The molecule has 4 heteroatoms. The molecule has 0 unspecified atom stereocenters. The fourth-order valence-corrected chi connectivity index (χ4v) is 4.25. The SMILES string of the molecule is CC(C)(C)O[C@@H]1C[C@H](c2ccccc2)OC1(C(=O)c1ccccc1)C(=O)c1ccccc1. The molecule has 1 aliphatic heterocycles. The largest absolute Gasteiger partial charge is 0.368 e. The van der Waals surface area contributed by atoms with Gasteiger partial charge in [0.05, 0.1) is 11.7 Å². The van der Waals surface area contributed by atoms with E-state index in [1.54, 1.807) is 48.5 Å². The number of benzene rings is 3. The van der Waals surface area contributed by atoms with Gasteiger partial charge in [0.15, 0.2) is 0 Å². The van der Waals surface area contributed by atoms with Crippen LogP contribution in [-0.2, 0) is 9.47 Å². The first-order valence-electron chi connectivity index (χ1n) is 10.9. The predicted octanol–water partition coefficient (Wildman–Crippen LogP) is 5.84. The molecule has 3 aromatic carbocycles. The van der Waals surface area contributed by atoms with Gasteiger partial charge in [0.2, 0.25) is 17.2 Å². The van der Waals surface area contributed by atoms with Crippen LogP contribution in [0.5, 0.6) is 0 Å². The molecule has 0 N–H and O–H groups in total. The zero-order valence-corrected chi connectivity index (χ0v) is 18.7. The molecule has 1 aliphatic rings. The summed E-state index contributed by atoms with van der Waals surface area (Å²) >= 11 is 0. The van der Waals surface area contributed by atoms with Gasteiger partial charge in [-0.1, -0.05) is 91.0 Å². The lowest BCUT2D eigenvalue weighted by atomic mass is 9.80. The average Bonchev–Trinajstić information content (AvgIpc) is 3.18. The zero-order chi connectivity index (χ0) is 22.8. The molecule has 164 valence electrons. The van der Waals surface area contributed by atoms with Gasteiger partial charge in [-0.15, -0.1) is 0 Å². The van der Waals surface area contributed by atoms with Crippen molar-refractivity contribution < 1.29 is 19.1 Å². The fraction of sp³-hybridized carbons (Fsp3) is 0.286. The molecular formula is C28H28O4. The maximum atomic E-state index is 14.0. The molecule has 0 bridgehead atoms. The van der Waals surface area contributed by atoms with Crippen molar-refractivity contribution in [3.05, 3.63) is 108 Å². The normalized spacial score (nSPS) is 20.1. The maximum Gasteiger partial charge on any atom is 0.220 e. The van der Waals surface area contributed by atoms with Crippen molar-refractivity contribution in [3.63, 3.8) is 0 Å². The average molecular weight is 429 g/mol. The highest BCUT2D eigenvalue weighted by molar-refractivity contribution is 6.23. The van der Waals surface area contributed by atoms with Crippen molar-refractivity contribution >= 4 is 11.6 Å². The minimum Gasteiger partial charge on any atom is -0.368 e. The predicted molar refractivity (Wildman–Crippen MR) is 124 cm³/mol. The van der Waals surface area contributed by atoms with Gasteiger partial charge in [-0.2, -0.15) is 0 Å². The molecule has 0 saturated carbocycles. The Kier molecular flexibility index (Phi) is 6.09. The van der Waals surface area contributed by atoms with Crippen LogP contribution in [0.3, 0.4) is 0 Å². The molecule has 0 aromatic heterocycles. The Morgan fingerprint density at radius 3 is 1.66 bits per heavy atom. The van der Waals surface area contributed by atoms with Crippen molar-refractivity contribution in [2.45, 2.75) is 50.6 Å². The highest BCUT2D eigenvalue weighted by Gasteiger charge is 2.61. The van der Waals surface area contributed by atoms with E-state index in [4.69, 9.17) is 9.47 Å². The third-order valence-corrected chi connectivity index (χ3v) is 5.62. The van der Waals surface area contributed by atoms with E-state index in [1.165, 1.54) is 0 Å². The highest BCUT2D eigenvalue weighted by atomic mass is 16.6. The molecule has 0 radical (unpaired) electrons. The summed E-state index contributed by atoms with van der Waals surface area (Å²) in [5, 5.41) is 0. The van der Waals surface area contributed by atoms with E-state index in [9.17, 15) is 9.59 Å². The van der Waals surface area contributed by atoms with Crippen molar-refractivity contribution in [3.8, 4) is 0 Å². The number of rotatable bonds is 6. The number of ether oxygens (including phenoxy) is 2. The number of carbonyl (C=O) groups is 2. The Balaban J connectivity index is 1.87. The minimum atomic E-state index is -1.78. The number of hydrogen-bond acceptors (Lipinski definition) is 4. The van der Waals surface area contributed by atoms with E-state index < -0.39 is 23.4 Å². The quantitative estimate of drug-likeness (QED) is 0.366. The van der Waals surface area contributed by atoms with Gasteiger partial charge in [0.25, 0.3) is 0 Å². The number of carbonyl (C=O) groups excluding carboxylic acids is 2. The molecule has 0 spiro atoms. The van der Waals surface area contributed by atoms with Crippen LogP contribution in [0, 0.1) is 0 Å². The first-order valence-corrected chi connectivity index (χ1v) is 10.9. The first kappa shape index (κ1) is 22.1. The topological polar surface area (TPSA) is 52.6 Å². The van der Waals surface area contributed by atoms with E-state index >= 15 is 0 Å². The Hall–Kier alpha value is -3.08. The highest BCUT2D eigenvalue weighted by Crippen LogP contribution is 2.46. The number of ketones is 2. The van der Waals surface area contributed by atoms with E-state index in [0.29, 0.717) is 17.5 Å². The molecule has 0 amide bonds. The number of hydrogen-bond donors (Lipinski definition) is 0. The van der Waals surface area contributed by atoms with Crippen LogP contribution in [0.4, 0.5) is 0 Å². The van der Waals surface area contributed by atoms with Crippen molar-refractivity contribution in [1.29, 1.82) is 0 Å². The monoisotopic (exact) mass is 428 g/mol. The van der Waals surface area contributed by atoms with E-state index in [-0.39, 0.29) is 11.6 Å². The standard InChI is InChI=1S/C28H28O4/c1-27(2,3)32-24-19-23(20-13-7-4-8-14-20)31-28(24,25(29)21-15-9-5-10-16-21)26(30)22-17-11-6-12-18-22/h4-18,23-24H,19H2,1-3H3/t23-,24-/m1/s1. The lowest BCUT2D eigenvalue weighted by Gasteiger charge is -2.35. The Bertz CT molecular complexity index is 1020. The molecule has 4 nitrogen and oxygen atoms in total. The molecular weight excluding hydrogens is 400 g/mol. The smallest absolute Gasteiger partial charge is 0.220 e. The van der Waals surface area contributed by atoms with Gasteiger partial charge < -0.3 is 9.47 Å². The van der Waals surface area contributed by atoms with Gasteiger partial charge >= 0.3 is 0 Å². The summed E-state index contributed by atoms with van der Waals surface area (Å²) in [5.41, 5.74) is -0.588. The molecule has 3 aromatic rings. The molecule has 2 atom stereocenters. The van der Waals surface area contributed by atoms with Gasteiger partial charge in [0, 0.05) is 17.5 Å². The molecule has 1 saturated heterocycles. The summed E-state index contributed by atoms with van der Waals surface area (Å²) in [6.45, 7) is 5.77. The third-order valence-electron chi connectivity index (χ3n) is 5.62. The van der Waals surface area contributed by atoms with E-state index in [2.05, 4.69) is 0 Å². The van der Waals surface area contributed by atoms with Crippen molar-refractivity contribution in [2.75, 3.05) is 0 Å². The van der Waals surface area contributed by atoms with Crippen LogP contribution in [0.2, 0.25) is 0 Å². The van der Waals surface area contributed by atoms with Crippen LogP contribution in [0.1, 0.15) is 59.6 Å². The summed E-state index contributed by atoms with van der Waals surface area (Å²) in [7, 11) is 0. The van der Waals surface area contributed by atoms with Crippen molar-refractivity contribution in [1.82, 2.24) is 0 Å². The minimum absolute atomic E-state index is 0.375. The fourth-order valence-electron chi connectivity index (χ4n) is 4.25.